The Morgan fingerprint density at radius 2 is 0.903 bits per heavy atom. The summed E-state index contributed by atoms with van der Waals surface area (Å²) in [4.78, 5) is 115. The number of aldehydes is 1. The van der Waals surface area contributed by atoms with Crippen LogP contribution >= 0.6 is 44.3 Å². The first-order chi connectivity index (χ1) is 46.6. The number of carbonyl (C=O) groups excluding carboxylic acids is 10. The Hall–Kier alpha value is -6.50. The fraction of sp³-hybridized carbons (Fsp3) is 0.575. The van der Waals surface area contributed by atoms with Crippen LogP contribution < -0.4 is 51.0 Å². The molecule has 0 aliphatic heterocycles. The summed E-state index contributed by atoms with van der Waals surface area (Å²) >= 11 is 6.49. The molecule has 0 aromatic heterocycles. The summed E-state index contributed by atoms with van der Waals surface area (Å²) in [6, 6.07) is 18.7. The number of aliphatic hydroxyl groups excluding tert-OH is 1. The van der Waals surface area contributed by atoms with Crippen LogP contribution in [0.4, 0.5) is 19.2 Å². The normalized spacial score (nSPS) is 17.8. The standard InChI is InChI=1S/C13H21NO4.C12H19NO4.C11H13NO2.C10H18O5.C8H13NO2.C7H6O.C5H10O2.C4H6Br2.CH4O.CH3O.CH4.ClH.Na/c1-6-9-8-13(9,10(15)17-7-2)14-11(16)18-12(3,4)5;1-6-8-7-12(8,9(14)16-5)13-10(15)17-11(2,3)4;1-2-14-11(13)9-12-8-10-6-4-3-5-7-10;1-9(2,3)14-7(11)13-8(12)15-10(4,5)6;1-3-6-5-8(6,9)7(10)11-4-2;8-6-7-4-2-1-3-5-7;1-3-5(6)7-4-2;5-3-1-2-4-6;2*1-2;;;/h6,9H,1,7-8H2,2-5H3,(H,14,16);6,8H,1,7H2,2-5H3,(H,13,15);3-8H,2,9H2,1H3;1-6H3;3,6H,1,4-5,9H2,2H3;1-6H;3-4H2,1-2H3;1-2H,3-4H2;2H,1H3;1H3;1H4;1H;/q;;;;;;;;;-1;;;+1/b;;;;;;;2-1+;;;;;. The Labute approximate surface area is 657 Å². The third-order valence-electron chi connectivity index (χ3n) is 11.6. The Morgan fingerprint density at radius 1 is 0.563 bits per heavy atom. The number of aliphatic hydroxyl groups is 1. The molecule has 103 heavy (non-hydrogen) atoms. The van der Waals surface area contributed by atoms with Gasteiger partial charge in [0.05, 0.1) is 33.5 Å². The molecule has 0 saturated heterocycles. The molecular formula is C73H118Br2ClN4NaO22. The first-order valence-corrected chi connectivity index (χ1v) is 34.1. The van der Waals surface area contributed by atoms with Crippen molar-refractivity contribution in [3.05, 3.63) is 122 Å². The van der Waals surface area contributed by atoms with E-state index in [9.17, 15) is 47.9 Å². The Bertz CT molecular complexity index is 2780. The van der Waals surface area contributed by atoms with Crippen LogP contribution in [0, 0.1) is 17.8 Å². The minimum atomic E-state index is -1.06. The number of halogens is 3. The average molecular weight is 1620 g/mol. The van der Waals surface area contributed by atoms with E-state index in [0.717, 1.165) is 42.3 Å². The van der Waals surface area contributed by atoms with E-state index in [4.69, 9.17) is 49.1 Å². The topological polar surface area (TPSA) is 369 Å². The number of rotatable bonds is 19. The summed E-state index contributed by atoms with van der Waals surface area (Å²) in [5, 5.41) is 22.3. The quantitative estimate of drug-likeness (QED) is 0.0148. The molecule has 2 aromatic carbocycles. The van der Waals surface area contributed by atoms with Gasteiger partial charge < -0.3 is 73.9 Å². The number of benzene rings is 2. The van der Waals surface area contributed by atoms with Crippen molar-refractivity contribution >= 4 is 111 Å². The minimum absolute atomic E-state index is 0. The van der Waals surface area contributed by atoms with E-state index in [1.807, 2.05) is 48.5 Å². The van der Waals surface area contributed by atoms with Crippen molar-refractivity contribution in [1.29, 1.82) is 0 Å². The molecule has 26 nitrogen and oxygen atoms in total. The molecule has 6 unspecified atom stereocenters. The third-order valence-corrected chi connectivity index (χ3v) is 12.4. The van der Waals surface area contributed by atoms with Gasteiger partial charge in [0.2, 0.25) is 0 Å². The van der Waals surface area contributed by atoms with E-state index in [1.165, 1.54) is 7.11 Å². The predicted molar refractivity (Wildman–Crippen MR) is 404 cm³/mol. The largest absolute Gasteiger partial charge is 1.00 e. The zero-order valence-electron chi connectivity index (χ0n) is 63.7. The molecule has 30 heteroatoms. The van der Waals surface area contributed by atoms with Gasteiger partial charge in [-0.3, -0.25) is 24.2 Å². The number of esters is 5. The number of alkyl halides is 2. The van der Waals surface area contributed by atoms with Gasteiger partial charge in [-0.15, -0.1) is 32.1 Å². The van der Waals surface area contributed by atoms with Gasteiger partial charge in [-0.25, -0.2) is 28.8 Å². The van der Waals surface area contributed by atoms with E-state index in [1.54, 1.807) is 154 Å². The summed E-state index contributed by atoms with van der Waals surface area (Å²) in [5.74, 6) is -1.69. The fourth-order valence-corrected chi connectivity index (χ4v) is 7.55. The zero-order chi connectivity index (χ0) is 78.6. The van der Waals surface area contributed by atoms with Crippen molar-refractivity contribution < 1.29 is 135 Å². The minimum Gasteiger partial charge on any atom is -0.857 e. The van der Waals surface area contributed by atoms with Gasteiger partial charge in [0, 0.05) is 53.7 Å². The number of amides is 2. The summed E-state index contributed by atoms with van der Waals surface area (Å²) in [5.41, 5.74) is 2.09. The van der Waals surface area contributed by atoms with Crippen LogP contribution in [0.1, 0.15) is 167 Å². The number of nitrogens with two attached hydrogens (primary N) is 1. The molecule has 3 saturated carbocycles. The van der Waals surface area contributed by atoms with Gasteiger partial charge in [0.15, 0.2) is 0 Å². The van der Waals surface area contributed by atoms with E-state index in [-0.39, 0.29) is 98.2 Å². The van der Waals surface area contributed by atoms with Crippen molar-refractivity contribution in [2.24, 2.45) is 28.5 Å². The Balaban J connectivity index is -0.000000168. The molecule has 2 amide bonds. The number of carbonyl (C=O) groups is 10. The number of hydrogen-bond acceptors (Lipinski definition) is 24. The number of allylic oxidation sites excluding steroid dienone is 2. The van der Waals surface area contributed by atoms with Crippen LogP contribution in [0.2, 0.25) is 0 Å². The smallest absolute Gasteiger partial charge is 0.857 e. The molecule has 2 aromatic rings. The summed E-state index contributed by atoms with van der Waals surface area (Å²) in [7, 11) is 3.04. The molecule has 584 valence electrons. The number of alkyl carbamates (subject to hydrolysis) is 2. The average Bonchev–Trinajstić information content (AvgIpc) is 1.60. The molecule has 0 spiro atoms. The van der Waals surface area contributed by atoms with Gasteiger partial charge >= 0.3 is 83.9 Å². The molecule has 0 bridgehead atoms. The molecular weight excluding hydrogens is 1500 g/mol. The van der Waals surface area contributed by atoms with E-state index in [2.05, 4.69) is 93.6 Å². The molecule has 5 N–H and O–H groups in total. The number of nitrogens with zero attached hydrogens (tertiary/aromatic N) is 1. The van der Waals surface area contributed by atoms with Crippen LogP contribution in [0.3, 0.4) is 0 Å². The maximum Gasteiger partial charge on any atom is 1.00 e. The van der Waals surface area contributed by atoms with Crippen LogP contribution in [-0.2, 0) is 71.3 Å². The summed E-state index contributed by atoms with van der Waals surface area (Å²) in [6.07, 6.45) is 10.4. The molecule has 5 rings (SSSR count). The molecule has 3 aliphatic carbocycles. The molecule has 3 aliphatic rings. The maximum absolute atomic E-state index is 11.9. The monoisotopic (exact) mass is 1620 g/mol. The van der Waals surface area contributed by atoms with Crippen LogP contribution in [-0.4, -0.2) is 176 Å². The molecule has 0 heterocycles. The number of nitrogens with one attached hydrogen (secondary N) is 2. The van der Waals surface area contributed by atoms with Crippen molar-refractivity contribution in [2.45, 2.75) is 190 Å². The number of ether oxygens (including phenoxy) is 10. The van der Waals surface area contributed by atoms with Crippen molar-refractivity contribution in [3.63, 3.8) is 0 Å². The second kappa shape index (κ2) is 60.7. The fourth-order valence-electron chi connectivity index (χ4n) is 7.02. The predicted octanol–water partition coefficient (Wildman–Crippen LogP) is 10.1. The van der Waals surface area contributed by atoms with Gasteiger partial charge in [-0.1, -0.05) is 137 Å². The van der Waals surface area contributed by atoms with Crippen molar-refractivity contribution in [3.8, 4) is 0 Å². The van der Waals surface area contributed by atoms with Crippen LogP contribution in [0.25, 0.3) is 0 Å². The van der Waals surface area contributed by atoms with Gasteiger partial charge in [-0.05, 0) is 136 Å². The number of aliphatic imine (C=N–C) groups is 1. The van der Waals surface area contributed by atoms with Crippen LogP contribution in [0.5, 0.6) is 0 Å². The molecule has 0 radical (unpaired) electrons. The van der Waals surface area contributed by atoms with Crippen molar-refractivity contribution in [2.75, 3.05) is 65.0 Å². The second-order valence-electron chi connectivity index (χ2n) is 24.5. The van der Waals surface area contributed by atoms with Gasteiger partial charge in [0.25, 0.3) is 0 Å². The SMILES string of the molecule is BrC/C=C/CBr.C.C=CC1CC1(N)C(=O)OCC.C=CC1CC1(NC(=O)OC(C)(C)C)C(=O)OC.C=CC1CC1(NC(=O)OC(C)(C)C)C(=O)OCC.CC(C)(C)OC(=O)OC(=O)OC(C)(C)C.CCOC(=O)CC.CCOC(=O)CN=Cc1ccccc1.CO.C[O-].Cl.O=Cc1ccccc1.[Na+]. The zero-order valence-corrected chi connectivity index (χ0v) is 69.6. The summed E-state index contributed by atoms with van der Waals surface area (Å²) in [6.45, 7) is 41.9. The van der Waals surface area contributed by atoms with Crippen LogP contribution in [0.15, 0.2) is 116 Å². The Kier molecular flexibility index (Phi) is 66.3. The Morgan fingerprint density at radius 3 is 1.17 bits per heavy atom. The molecule has 3 fully saturated rings. The first kappa shape index (κ1) is 112. The second-order valence-corrected chi connectivity index (χ2v) is 25.8. The summed E-state index contributed by atoms with van der Waals surface area (Å²) < 4.78 is 47.8. The van der Waals surface area contributed by atoms with E-state index in [0.29, 0.717) is 45.5 Å². The van der Waals surface area contributed by atoms with Gasteiger partial charge in [0.1, 0.15) is 51.9 Å². The number of hydrogen-bond donors (Lipinski definition) is 4. The third kappa shape index (κ3) is 56.6. The van der Waals surface area contributed by atoms with Gasteiger partial charge in [-0.2, -0.15) is 7.11 Å². The maximum atomic E-state index is 11.9. The first-order valence-electron chi connectivity index (χ1n) is 31.9. The molecule has 6 atom stereocenters. The van der Waals surface area contributed by atoms with Crippen molar-refractivity contribution in [1.82, 2.24) is 10.6 Å². The van der Waals surface area contributed by atoms with E-state index >= 15 is 0 Å². The van der Waals surface area contributed by atoms with E-state index < -0.39 is 75.5 Å². The number of methoxy groups -OCH3 is 1.